The summed E-state index contributed by atoms with van der Waals surface area (Å²) in [6.07, 6.45) is 1.02. The molecule has 0 aromatic carbocycles. The molecule has 0 amide bonds. The van der Waals surface area contributed by atoms with Gasteiger partial charge >= 0.3 is 0 Å². The molecular weight excluding hydrogens is 209 g/mol. The second kappa shape index (κ2) is 4.65. The van der Waals surface area contributed by atoms with E-state index in [9.17, 15) is 0 Å². The zero-order valence-corrected chi connectivity index (χ0v) is 9.28. The second-order valence-corrected chi connectivity index (χ2v) is 4.69. The van der Waals surface area contributed by atoms with Crippen LogP contribution in [0.3, 0.4) is 0 Å². The van der Waals surface area contributed by atoms with Gasteiger partial charge in [0.1, 0.15) is 0 Å². The molecule has 0 aliphatic carbocycles. The van der Waals surface area contributed by atoms with E-state index in [0.717, 1.165) is 19.5 Å². The van der Waals surface area contributed by atoms with Crippen molar-refractivity contribution in [2.75, 3.05) is 26.2 Å². The minimum absolute atomic E-state index is 0.0451. The minimum Gasteiger partial charge on any atom is -0.396 e. The number of likely N-dealkylation sites (tertiary alicyclic amines) is 1. The van der Waals surface area contributed by atoms with Gasteiger partial charge in [-0.1, -0.05) is 30.1 Å². The molecule has 0 aromatic rings. The smallest absolute Gasteiger partial charge is 0.0497 e. The fourth-order valence-corrected chi connectivity index (χ4v) is 1.88. The summed E-state index contributed by atoms with van der Waals surface area (Å²) in [6, 6.07) is 0. The highest BCUT2D eigenvalue weighted by atomic mass is 35.5. The van der Waals surface area contributed by atoms with Crippen LogP contribution in [0, 0.1) is 5.41 Å². The molecule has 1 heterocycles. The zero-order valence-electron chi connectivity index (χ0n) is 7.76. The van der Waals surface area contributed by atoms with Crippen LogP contribution in [0.5, 0.6) is 0 Å². The van der Waals surface area contributed by atoms with Gasteiger partial charge in [-0.3, -0.25) is 4.90 Å². The maximum absolute atomic E-state index is 9.13. The molecule has 1 fully saturated rings. The van der Waals surface area contributed by atoms with E-state index in [-0.39, 0.29) is 12.0 Å². The Hall–Kier alpha value is 0.240. The highest BCUT2D eigenvalue weighted by molar-refractivity contribution is 6.36. The molecule has 2 nitrogen and oxygen atoms in total. The number of hydrogen-bond donors (Lipinski definition) is 1. The molecule has 13 heavy (non-hydrogen) atoms. The molecule has 1 saturated heterocycles. The molecule has 1 rings (SSSR count). The van der Waals surface area contributed by atoms with Gasteiger partial charge in [-0.05, 0) is 13.0 Å². The molecule has 0 saturated carbocycles. The maximum atomic E-state index is 9.13. The summed E-state index contributed by atoms with van der Waals surface area (Å²) in [4.78, 5) is 2.21. The number of rotatable bonds is 3. The Kier molecular flexibility index (Phi) is 4.05. The quantitative estimate of drug-likeness (QED) is 0.792. The van der Waals surface area contributed by atoms with Crippen LogP contribution in [-0.2, 0) is 0 Å². The molecule has 76 valence electrons. The van der Waals surface area contributed by atoms with Crippen molar-refractivity contribution in [3.8, 4) is 0 Å². The van der Waals surface area contributed by atoms with Gasteiger partial charge in [-0.2, -0.15) is 0 Å². The zero-order chi connectivity index (χ0) is 9.90. The highest BCUT2D eigenvalue weighted by Gasteiger charge is 2.32. The van der Waals surface area contributed by atoms with Crippen molar-refractivity contribution in [2.24, 2.45) is 5.41 Å². The summed E-state index contributed by atoms with van der Waals surface area (Å²) in [5.74, 6) is 0. The number of halogens is 2. The first-order chi connectivity index (χ1) is 6.09. The Bertz CT molecular complexity index is 208. The molecule has 0 spiro atoms. The van der Waals surface area contributed by atoms with E-state index >= 15 is 0 Å². The van der Waals surface area contributed by atoms with E-state index in [1.807, 2.05) is 0 Å². The lowest BCUT2D eigenvalue weighted by molar-refractivity contribution is 0.147. The van der Waals surface area contributed by atoms with Crippen molar-refractivity contribution >= 4 is 23.2 Å². The van der Waals surface area contributed by atoms with Gasteiger partial charge in [0, 0.05) is 35.7 Å². The van der Waals surface area contributed by atoms with Crippen LogP contribution >= 0.6 is 23.2 Å². The fraction of sp³-hybridized carbons (Fsp3) is 0.778. The largest absolute Gasteiger partial charge is 0.396 e. The normalized spacial score (nSPS) is 31.2. The highest BCUT2D eigenvalue weighted by Crippen LogP contribution is 2.29. The van der Waals surface area contributed by atoms with Gasteiger partial charge in [0.2, 0.25) is 0 Å². The van der Waals surface area contributed by atoms with E-state index in [1.54, 1.807) is 0 Å². The third kappa shape index (κ3) is 3.13. The lowest BCUT2D eigenvalue weighted by Crippen LogP contribution is -2.28. The van der Waals surface area contributed by atoms with Gasteiger partial charge in [0.15, 0.2) is 0 Å². The monoisotopic (exact) mass is 223 g/mol. The van der Waals surface area contributed by atoms with Crippen molar-refractivity contribution in [1.82, 2.24) is 4.90 Å². The maximum Gasteiger partial charge on any atom is 0.0497 e. The van der Waals surface area contributed by atoms with Gasteiger partial charge in [0.25, 0.3) is 0 Å². The van der Waals surface area contributed by atoms with Gasteiger partial charge in [0.05, 0.1) is 0 Å². The Morgan fingerprint density at radius 3 is 2.85 bits per heavy atom. The standard InChI is InChI=1S/C9H15Cl2NO/c1-9(7-13)2-3-12(6-9)5-8(11)4-10/h4,13H,2-3,5-7H2,1H3/b8-4-. The first-order valence-electron chi connectivity index (χ1n) is 4.37. The molecule has 1 atom stereocenters. The van der Waals surface area contributed by atoms with Crippen molar-refractivity contribution in [1.29, 1.82) is 0 Å². The van der Waals surface area contributed by atoms with Crippen molar-refractivity contribution in [2.45, 2.75) is 13.3 Å². The third-order valence-corrected chi connectivity index (χ3v) is 3.12. The topological polar surface area (TPSA) is 23.5 Å². The average Bonchev–Trinajstić information content (AvgIpc) is 2.48. The lowest BCUT2D eigenvalue weighted by Gasteiger charge is -2.21. The van der Waals surface area contributed by atoms with Crippen LogP contribution in [0.2, 0.25) is 0 Å². The summed E-state index contributed by atoms with van der Waals surface area (Å²) in [6.45, 7) is 4.90. The van der Waals surface area contributed by atoms with Crippen LogP contribution in [0.15, 0.2) is 10.6 Å². The lowest BCUT2D eigenvalue weighted by atomic mass is 9.91. The molecule has 4 heteroatoms. The Labute approximate surface area is 89.1 Å². The molecule has 1 aliphatic heterocycles. The summed E-state index contributed by atoms with van der Waals surface area (Å²) < 4.78 is 0. The van der Waals surface area contributed by atoms with E-state index in [4.69, 9.17) is 28.3 Å². The molecule has 1 aliphatic rings. The molecule has 1 N–H and O–H groups in total. The van der Waals surface area contributed by atoms with Crippen LogP contribution in [0.4, 0.5) is 0 Å². The average molecular weight is 224 g/mol. The third-order valence-electron chi connectivity index (χ3n) is 2.51. The Morgan fingerprint density at radius 1 is 1.69 bits per heavy atom. The molecular formula is C9H15Cl2NO. The predicted octanol–water partition coefficient (Wildman–Crippen LogP) is 2.01. The number of nitrogens with zero attached hydrogens (tertiary/aromatic N) is 1. The molecule has 0 bridgehead atoms. The van der Waals surface area contributed by atoms with Gasteiger partial charge in [-0.15, -0.1) is 0 Å². The minimum atomic E-state index is 0.0451. The summed E-state index contributed by atoms with van der Waals surface area (Å²) in [5, 5.41) is 9.79. The van der Waals surface area contributed by atoms with Crippen LogP contribution in [-0.4, -0.2) is 36.2 Å². The Morgan fingerprint density at radius 2 is 2.38 bits per heavy atom. The van der Waals surface area contributed by atoms with E-state index in [0.29, 0.717) is 11.6 Å². The number of aliphatic hydroxyl groups excluding tert-OH is 1. The van der Waals surface area contributed by atoms with Gasteiger partial charge in [-0.25, -0.2) is 0 Å². The SMILES string of the molecule is CC1(CO)CCN(C/C(Cl)=C/Cl)C1. The molecule has 1 unspecified atom stereocenters. The van der Waals surface area contributed by atoms with Crippen LogP contribution in [0.1, 0.15) is 13.3 Å². The molecule has 0 aromatic heterocycles. The van der Waals surface area contributed by atoms with Crippen LogP contribution < -0.4 is 0 Å². The molecule has 0 radical (unpaired) electrons. The number of hydrogen-bond acceptors (Lipinski definition) is 2. The van der Waals surface area contributed by atoms with E-state index in [2.05, 4.69) is 11.8 Å². The first kappa shape index (κ1) is 11.3. The van der Waals surface area contributed by atoms with Crippen molar-refractivity contribution < 1.29 is 5.11 Å². The van der Waals surface area contributed by atoms with Crippen LogP contribution in [0.25, 0.3) is 0 Å². The van der Waals surface area contributed by atoms with E-state index < -0.39 is 0 Å². The predicted molar refractivity (Wildman–Crippen MR) is 56.0 cm³/mol. The van der Waals surface area contributed by atoms with Gasteiger partial charge < -0.3 is 5.11 Å². The first-order valence-corrected chi connectivity index (χ1v) is 5.19. The summed E-state index contributed by atoms with van der Waals surface area (Å²) in [7, 11) is 0. The Balaban J connectivity index is 2.41. The number of aliphatic hydroxyl groups is 1. The van der Waals surface area contributed by atoms with E-state index in [1.165, 1.54) is 5.54 Å². The fourth-order valence-electron chi connectivity index (χ4n) is 1.64. The summed E-state index contributed by atoms with van der Waals surface area (Å²) >= 11 is 11.3. The summed E-state index contributed by atoms with van der Waals surface area (Å²) in [5.41, 5.74) is 1.44. The van der Waals surface area contributed by atoms with Crippen molar-refractivity contribution in [3.63, 3.8) is 0 Å². The second-order valence-electron chi connectivity index (χ2n) is 3.99. The van der Waals surface area contributed by atoms with Crippen molar-refractivity contribution in [3.05, 3.63) is 10.6 Å².